The summed E-state index contributed by atoms with van der Waals surface area (Å²) < 4.78 is 14.0. The number of carbonyl (C=O) groups excluding carboxylic acids is 1. The van der Waals surface area contributed by atoms with E-state index in [2.05, 4.69) is 5.32 Å². The van der Waals surface area contributed by atoms with Crippen molar-refractivity contribution in [1.82, 2.24) is 5.32 Å². The highest BCUT2D eigenvalue weighted by Crippen LogP contribution is 2.34. The van der Waals surface area contributed by atoms with Crippen LogP contribution in [0.5, 0.6) is 0 Å². The summed E-state index contributed by atoms with van der Waals surface area (Å²) in [6.07, 6.45) is 0.636. The molecule has 0 aromatic heterocycles. The van der Waals surface area contributed by atoms with Crippen LogP contribution in [0.1, 0.15) is 15.9 Å². The summed E-state index contributed by atoms with van der Waals surface area (Å²) in [6.45, 7) is 0.384. The van der Waals surface area contributed by atoms with Crippen molar-refractivity contribution in [3.8, 4) is 0 Å². The minimum absolute atomic E-state index is 0.149. The van der Waals surface area contributed by atoms with E-state index in [1.807, 2.05) is 30.3 Å². The largest absolute Gasteiger partial charge is 0.352 e. The Balaban J connectivity index is 1.80. The molecular weight excluding hydrogens is 379 g/mol. The zero-order valence-electron chi connectivity index (χ0n) is 14.8. The fourth-order valence-electron chi connectivity index (χ4n) is 2.60. The molecule has 0 radical (unpaired) electrons. The van der Waals surface area contributed by atoms with Crippen molar-refractivity contribution in [2.45, 2.75) is 16.2 Å². The number of halogens is 1. The molecule has 0 bridgehead atoms. The minimum atomic E-state index is -0.557. The zero-order valence-corrected chi connectivity index (χ0v) is 15.6. The fourth-order valence-corrected chi connectivity index (χ4v) is 3.55. The van der Waals surface area contributed by atoms with E-state index in [0.29, 0.717) is 22.8 Å². The quantitative estimate of drug-likeness (QED) is 0.457. The molecule has 0 atom stereocenters. The van der Waals surface area contributed by atoms with Gasteiger partial charge < -0.3 is 5.32 Å². The molecule has 0 unspecified atom stereocenters. The van der Waals surface area contributed by atoms with Gasteiger partial charge in [0, 0.05) is 28.5 Å². The lowest BCUT2D eigenvalue weighted by atomic mass is 10.1. The summed E-state index contributed by atoms with van der Waals surface area (Å²) in [6, 6.07) is 19.9. The molecule has 1 amide bonds. The van der Waals surface area contributed by atoms with Gasteiger partial charge in [-0.05, 0) is 30.2 Å². The van der Waals surface area contributed by atoms with E-state index in [0.717, 1.165) is 17.3 Å². The number of amides is 1. The van der Waals surface area contributed by atoms with E-state index >= 15 is 0 Å². The standard InChI is InChI=1S/C21H17FN2O3S/c22-18-8-4-5-9-20(18)28-19-11-10-16(24(26)27)14-17(19)21(25)23-13-12-15-6-2-1-3-7-15/h1-11,14H,12-13H2,(H,23,25). The SMILES string of the molecule is O=C(NCCc1ccccc1)c1cc([N+](=O)[O-])ccc1Sc1ccccc1F. The number of nitro groups is 1. The van der Waals surface area contributed by atoms with Crippen LogP contribution in [0.3, 0.4) is 0 Å². The van der Waals surface area contributed by atoms with Gasteiger partial charge in [0.05, 0.1) is 10.5 Å². The lowest BCUT2D eigenvalue weighted by Gasteiger charge is -2.11. The summed E-state index contributed by atoms with van der Waals surface area (Å²) in [5, 5.41) is 13.9. The van der Waals surface area contributed by atoms with E-state index in [-0.39, 0.29) is 11.3 Å². The van der Waals surface area contributed by atoms with Crippen molar-refractivity contribution in [3.63, 3.8) is 0 Å². The second-order valence-electron chi connectivity index (χ2n) is 5.96. The van der Waals surface area contributed by atoms with Gasteiger partial charge in [-0.25, -0.2) is 4.39 Å². The molecule has 3 aromatic rings. The molecule has 3 rings (SSSR count). The van der Waals surface area contributed by atoms with Crippen LogP contribution in [-0.2, 0) is 6.42 Å². The van der Waals surface area contributed by atoms with Crippen molar-refractivity contribution in [3.05, 3.63) is 99.9 Å². The van der Waals surface area contributed by atoms with Crippen LogP contribution in [0, 0.1) is 15.9 Å². The number of nitrogens with zero attached hydrogens (tertiary/aromatic N) is 1. The van der Waals surface area contributed by atoms with E-state index in [4.69, 9.17) is 0 Å². The van der Waals surface area contributed by atoms with Gasteiger partial charge in [0.15, 0.2) is 0 Å². The van der Waals surface area contributed by atoms with Crippen LogP contribution >= 0.6 is 11.8 Å². The first-order chi connectivity index (χ1) is 13.5. The molecule has 142 valence electrons. The average molecular weight is 396 g/mol. The second kappa shape index (κ2) is 9.14. The Bertz CT molecular complexity index is 996. The van der Waals surface area contributed by atoms with Gasteiger partial charge in [0.2, 0.25) is 0 Å². The molecule has 0 spiro atoms. The number of carbonyl (C=O) groups is 1. The Morgan fingerprint density at radius 3 is 2.43 bits per heavy atom. The summed E-state index contributed by atoms with van der Waals surface area (Å²) >= 11 is 1.06. The molecule has 0 saturated heterocycles. The summed E-state index contributed by atoms with van der Waals surface area (Å²) in [7, 11) is 0. The molecule has 0 saturated carbocycles. The maximum absolute atomic E-state index is 14.0. The van der Waals surface area contributed by atoms with Gasteiger partial charge >= 0.3 is 0 Å². The summed E-state index contributed by atoms with van der Waals surface area (Å²) in [4.78, 5) is 24.0. The lowest BCUT2D eigenvalue weighted by Crippen LogP contribution is -2.26. The first-order valence-corrected chi connectivity index (χ1v) is 9.39. The average Bonchev–Trinajstić information content (AvgIpc) is 2.70. The molecule has 0 fully saturated rings. The molecule has 0 aliphatic rings. The topological polar surface area (TPSA) is 72.2 Å². The van der Waals surface area contributed by atoms with E-state index in [9.17, 15) is 19.3 Å². The van der Waals surface area contributed by atoms with E-state index in [1.165, 1.54) is 24.3 Å². The van der Waals surface area contributed by atoms with Crippen LogP contribution in [0.4, 0.5) is 10.1 Å². The highest BCUT2D eigenvalue weighted by Gasteiger charge is 2.18. The smallest absolute Gasteiger partial charge is 0.270 e. The van der Waals surface area contributed by atoms with Crippen molar-refractivity contribution in [2.75, 3.05) is 6.54 Å². The number of benzene rings is 3. The number of hydrogen-bond acceptors (Lipinski definition) is 4. The third-order valence-corrected chi connectivity index (χ3v) is 5.14. The van der Waals surface area contributed by atoms with Crippen LogP contribution in [0.25, 0.3) is 0 Å². The van der Waals surface area contributed by atoms with Gasteiger partial charge in [0.1, 0.15) is 5.82 Å². The number of non-ortho nitro benzene ring substituents is 1. The van der Waals surface area contributed by atoms with Crippen molar-refractivity contribution >= 4 is 23.4 Å². The number of hydrogen-bond donors (Lipinski definition) is 1. The highest BCUT2D eigenvalue weighted by molar-refractivity contribution is 7.99. The van der Waals surface area contributed by atoms with E-state index in [1.54, 1.807) is 18.2 Å². The van der Waals surface area contributed by atoms with Gasteiger partial charge in [0.25, 0.3) is 11.6 Å². The maximum Gasteiger partial charge on any atom is 0.270 e. The fraction of sp³-hybridized carbons (Fsp3) is 0.0952. The number of rotatable bonds is 7. The van der Waals surface area contributed by atoms with Crippen LogP contribution in [0.15, 0.2) is 82.6 Å². The first kappa shape index (κ1) is 19.6. The third-order valence-electron chi connectivity index (χ3n) is 4.02. The number of nitrogens with one attached hydrogen (secondary N) is 1. The van der Waals surface area contributed by atoms with Crippen molar-refractivity contribution < 1.29 is 14.1 Å². The Kier molecular flexibility index (Phi) is 6.39. The molecule has 5 nitrogen and oxygen atoms in total. The van der Waals surface area contributed by atoms with Crippen LogP contribution in [-0.4, -0.2) is 17.4 Å². The minimum Gasteiger partial charge on any atom is -0.352 e. The van der Waals surface area contributed by atoms with Gasteiger partial charge in [-0.2, -0.15) is 0 Å². The first-order valence-electron chi connectivity index (χ1n) is 8.57. The van der Waals surface area contributed by atoms with Crippen molar-refractivity contribution in [1.29, 1.82) is 0 Å². The Hall–Kier alpha value is -3.19. The zero-order chi connectivity index (χ0) is 19.9. The van der Waals surface area contributed by atoms with Crippen LogP contribution in [0.2, 0.25) is 0 Å². The Morgan fingerprint density at radius 2 is 1.71 bits per heavy atom. The maximum atomic E-state index is 14.0. The van der Waals surface area contributed by atoms with Crippen molar-refractivity contribution in [2.24, 2.45) is 0 Å². The molecular formula is C21H17FN2O3S. The summed E-state index contributed by atoms with van der Waals surface area (Å²) in [5.74, 6) is -0.847. The van der Waals surface area contributed by atoms with Gasteiger partial charge in [-0.1, -0.05) is 54.2 Å². The van der Waals surface area contributed by atoms with Crippen LogP contribution < -0.4 is 5.32 Å². The molecule has 1 N–H and O–H groups in total. The molecule has 0 aliphatic carbocycles. The number of nitro benzene ring substituents is 1. The Morgan fingerprint density at radius 1 is 1.00 bits per heavy atom. The predicted octanol–water partition coefficient (Wildman–Crippen LogP) is 4.86. The normalized spacial score (nSPS) is 10.5. The molecule has 28 heavy (non-hydrogen) atoms. The Labute approximate surface area is 165 Å². The monoisotopic (exact) mass is 396 g/mol. The van der Waals surface area contributed by atoms with E-state index < -0.39 is 16.6 Å². The van der Waals surface area contributed by atoms with Gasteiger partial charge in [-0.15, -0.1) is 0 Å². The highest BCUT2D eigenvalue weighted by atomic mass is 32.2. The lowest BCUT2D eigenvalue weighted by molar-refractivity contribution is -0.384. The summed E-state index contributed by atoms with van der Waals surface area (Å²) in [5.41, 5.74) is 1.03. The molecule has 0 heterocycles. The van der Waals surface area contributed by atoms with Gasteiger partial charge in [-0.3, -0.25) is 14.9 Å². The second-order valence-corrected chi connectivity index (χ2v) is 7.05. The molecule has 3 aromatic carbocycles. The molecule has 7 heteroatoms. The third kappa shape index (κ3) is 4.95. The molecule has 0 aliphatic heterocycles. The predicted molar refractivity (Wildman–Crippen MR) is 106 cm³/mol.